The van der Waals surface area contributed by atoms with E-state index in [0.717, 1.165) is 33.8 Å². The number of halogens is 1. The van der Waals surface area contributed by atoms with Crippen molar-refractivity contribution in [1.82, 2.24) is 0 Å². The van der Waals surface area contributed by atoms with Gasteiger partial charge >= 0.3 is 5.97 Å². The highest BCUT2D eigenvalue weighted by Crippen LogP contribution is 2.50. The predicted molar refractivity (Wildman–Crippen MR) is 151 cm³/mol. The van der Waals surface area contributed by atoms with Crippen molar-refractivity contribution in [2.24, 2.45) is 5.92 Å². The van der Waals surface area contributed by atoms with E-state index in [1.807, 2.05) is 66.7 Å². The molecule has 4 aromatic rings. The summed E-state index contributed by atoms with van der Waals surface area (Å²) in [5, 5.41) is 4.39. The maximum Gasteiger partial charge on any atom is 0.338 e. The van der Waals surface area contributed by atoms with Crippen LogP contribution in [0.5, 0.6) is 0 Å². The fourth-order valence-electron chi connectivity index (χ4n) is 5.50. The lowest BCUT2D eigenvalue weighted by molar-refractivity contribution is 0.0474. The summed E-state index contributed by atoms with van der Waals surface area (Å²) in [5.41, 5.74) is 6.34. The van der Waals surface area contributed by atoms with Gasteiger partial charge in [0.25, 0.3) is 0 Å². The van der Waals surface area contributed by atoms with Crippen LogP contribution in [-0.2, 0) is 4.74 Å². The first-order chi connectivity index (χ1) is 18.6. The number of benzene rings is 4. The number of rotatable bonds is 6. The molecular weight excluding hydrogens is 494 g/mol. The van der Waals surface area contributed by atoms with E-state index in [4.69, 9.17) is 16.3 Å². The van der Waals surface area contributed by atoms with Crippen LogP contribution in [0, 0.1) is 5.92 Å². The third-order valence-electron chi connectivity index (χ3n) is 7.48. The molecule has 0 unspecified atom stereocenters. The minimum absolute atomic E-state index is 0.156. The summed E-state index contributed by atoms with van der Waals surface area (Å²) in [6, 6.07) is 31.0. The van der Waals surface area contributed by atoms with E-state index < -0.39 is 5.97 Å². The van der Waals surface area contributed by atoms with Crippen LogP contribution in [-0.4, -0.2) is 18.4 Å². The van der Waals surface area contributed by atoms with E-state index in [1.165, 1.54) is 5.56 Å². The first-order valence-corrected chi connectivity index (χ1v) is 13.1. The Morgan fingerprint density at radius 3 is 2.32 bits per heavy atom. The quantitative estimate of drug-likeness (QED) is 0.160. The SMILES string of the molecule is O=C(COC(=O)c1ccc2c(c1)[C@H]1C=CC[C@@H]1[C@H](c1ccc(Cl)cc1)N2)c1ccc(-c2ccccc2)cc1. The lowest BCUT2D eigenvalue weighted by atomic mass is 9.76. The summed E-state index contributed by atoms with van der Waals surface area (Å²) in [4.78, 5) is 25.6. The van der Waals surface area contributed by atoms with Crippen molar-refractivity contribution in [1.29, 1.82) is 0 Å². The molecule has 38 heavy (non-hydrogen) atoms. The number of esters is 1. The topological polar surface area (TPSA) is 55.4 Å². The standard InChI is InChI=1S/C33H26ClNO3/c34-26-16-13-24(14-17-26)32-28-8-4-7-27(28)29-19-25(15-18-30(29)35-32)33(37)38-20-31(36)23-11-9-22(10-12-23)21-5-2-1-3-6-21/h1-7,9-19,27-28,32,35H,8,20H2/t27-,28-,32-/m0/s1. The van der Waals surface area contributed by atoms with E-state index in [1.54, 1.807) is 18.2 Å². The van der Waals surface area contributed by atoms with Crippen molar-refractivity contribution in [3.8, 4) is 11.1 Å². The highest BCUT2D eigenvalue weighted by Gasteiger charge is 2.38. The Kier molecular flexibility index (Phi) is 6.57. The normalized spacial score (nSPS) is 19.2. The molecule has 0 radical (unpaired) electrons. The molecule has 0 bridgehead atoms. The van der Waals surface area contributed by atoms with Crippen LogP contribution in [0.25, 0.3) is 11.1 Å². The number of hydrogen-bond acceptors (Lipinski definition) is 4. The van der Waals surface area contributed by atoms with Crippen molar-refractivity contribution >= 4 is 29.0 Å². The van der Waals surface area contributed by atoms with Gasteiger partial charge in [-0.05, 0) is 64.9 Å². The maximum atomic E-state index is 12.9. The fraction of sp³-hybridized carbons (Fsp3) is 0.152. The van der Waals surface area contributed by atoms with Gasteiger partial charge in [0, 0.05) is 22.2 Å². The van der Waals surface area contributed by atoms with Crippen molar-refractivity contribution in [3.63, 3.8) is 0 Å². The van der Waals surface area contributed by atoms with Gasteiger partial charge in [0.1, 0.15) is 0 Å². The number of anilines is 1. The Bertz CT molecular complexity index is 1510. The van der Waals surface area contributed by atoms with E-state index in [2.05, 4.69) is 29.6 Å². The largest absolute Gasteiger partial charge is 0.454 e. The number of carbonyl (C=O) groups is 2. The number of carbonyl (C=O) groups excluding carboxylic acids is 2. The van der Waals surface area contributed by atoms with Crippen LogP contribution in [0.2, 0.25) is 5.02 Å². The monoisotopic (exact) mass is 519 g/mol. The van der Waals surface area contributed by atoms with Crippen molar-refractivity contribution < 1.29 is 14.3 Å². The number of Topliss-reactive ketones (excluding diaryl/α,β-unsaturated/α-hetero) is 1. The van der Waals surface area contributed by atoms with E-state index >= 15 is 0 Å². The third-order valence-corrected chi connectivity index (χ3v) is 7.73. The van der Waals surface area contributed by atoms with Crippen molar-refractivity contribution in [3.05, 3.63) is 136 Å². The Morgan fingerprint density at radius 1 is 0.842 bits per heavy atom. The first-order valence-electron chi connectivity index (χ1n) is 12.8. The summed E-state index contributed by atoms with van der Waals surface area (Å²) >= 11 is 6.10. The minimum atomic E-state index is -0.500. The first kappa shape index (κ1) is 24.2. The second-order valence-corrected chi connectivity index (χ2v) is 10.2. The summed E-state index contributed by atoms with van der Waals surface area (Å²) in [7, 11) is 0. The van der Waals surface area contributed by atoms with E-state index in [-0.39, 0.29) is 24.3 Å². The van der Waals surface area contributed by atoms with Gasteiger partial charge in [-0.15, -0.1) is 0 Å². The van der Waals surface area contributed by atoms with Crippen molar-refractivity contribution in [2.75, 3.05) is 11.9 Å². The molecule has 0 saturated carbocycles. The Balaban J connectivity index is 1.14. The van der Waals surface area contributed by atoms with Gasteiger partial charge in [-0.2, -0.15) is 0 Å². The van der Waals surface area contributed by atoms with Gasteiger partial charge < -0.3 is 10.1 Å². The van der Waals surface area contributed by atoms with Crippen LogP contribution in [0.15, 0.2) is 109 Å². The molecule has 6 rings (SSSR count). The molecule has 0 fully saturated rings. The molecule has 3 atom stereocenters. The zero-order valence-electron chi connectivity index (χ0n) is 20.6. The van der Waals surface area contributed by atoms with Gasteiger partial charge in [-0.3, -0.25) is 4.79 Å². The minimum Gasteiger partial charge on any atom is -0.454 e. The van der Waals surface area contributed by atoms with Gasteiger partial charge in [0.15, 0.2) is 12.4 Å². The van der Waals surface area contributed by atoms with Gasteiger partial charge in [0.2, 0.25) is 0 Å². The molecular formula is C33H26ClNO3. The third kappa shape index (κ3) is 4.75. The zero-order valence-corrected chi connectivity index (χ0v) is 21.4. The molecule has 0 saturated heterocycles. The average Bonchev–Trinajstić information content (AvgIpc) is 3.47. The summed E-state index contributed by atoms with van der Waals surface area (Å²) in [5.74, 6) is -0.192. The number of fused-ring (bicyclic) bond motifs is 3. The molecule has 0 amide bonds. The molecule has 1 aliphatic carbocycles. The van der Waals surface area contributed by atoms with Gasteiger partial charge in [-0.1, -0.05) is 90.5 Å². The molecule has 4 aromatic carbocycles. The van der Waals surface area contributed by atoms with Crippen LogP contribution in [0.3, 0.4) is 0 Å². The smallest absolute Gasteiger partial charge is 0.338 e. The molecule has 0 spiro atoms. The lowest BCUT2D eigenvalue weighted by Crippen LogP contribution is -2.29. The summed E-state index contributed by atoms with van der Waals surface area (Å²) in [6.07, 6.45) is 5.39. The fourth-order valence-corrected chi connectivity index (χ4v) is 5.62. The second-order valence-electron chi connectivity index (χ2n) is 9.77. The molecule has 5 heteroatoms. The second kappa shape index (κ2) is 10.3. The van der Waals surface area contributed by atoms with Gasteiger partial charge in [-0.25, -0.2) is 4.79 Å². The number of nitrogens with one attached hydrogen (secondary N) is 1. The Morgan fingerprint density at radius 2 is 1.55 bits per heavy atom. The molecule has 0 aromatic heterocycles. The summed E-state index contributed by atoms with van der Waals surface area (Å²) < 4.78 is 5.42. The highest BCUT2D eigenvalue weighted by molar-refractivity contribution is 6.30. The molecule has 2 aliphatic rings. The number of hydrogen-bond donors (Lipinski definition) is 1. The molecule has 1 N–H and O–H groups in total. The van der Waals surface area contributed by atoms with E-state index in [0.29, 0.717) is 17.0 Å². The predicted octanol–water partition coefficient (Wildman–Crippen LogP) is 7.87. The number of ketones is 1. The van der Waals surface area contributed by atoms with Crippen LogP contribution < -0.4 is 5.32 Å². The van der Waals surface area contributed by atoms with Crippen LogP contribution >= 0.6 is 11.6 Å². The van der Waals surface area contributed by atoms with Crippen molar-refractivity contribution in [2.45, 2.75) is 18.4 Å². The lowest BCUT2D eigenvalue weighted by Gasteiger charge is -2.37. The molecule has 4 nitrogen and oxygen atoms in total. The maximum absolute atomic E-state index is 12.9. The van der Waals surface area contributed by atoms with Gasteiger partial charge in [0.05, 0.1) is 11.6 Å². The number of allylic oxidation sites excluding steroid dienone is 2. The molecule has 1 heterocycles. The average molecular weight is 520 g/mol. The van der Waals surface area contributed by atoms with E-state index in [9.17, 15) is 9.59 Å². The Hall–Kier alpha value is -4.15. The van der Waals surface area contributed by atoms with Crippen LogP contribution in [0.4, 0.5) is 5.69 Å². The number of ether oxygens (including phenoxy) is 1. The molecule has 188 valence electrons. The zero-order chi connectivity index (χ0) is 26.1. The molecule has 1 aliphatic heterocycles. The summed E-state index contributed by atoms with van der Waals surface area (Å²) in [6.45, 7) is -0.302. The Labute approximate surface area is 226 Å². The highest BCUT2D eigenvalue weighted by atomic mass is 35.5. The van der Waals surface area contributed by atoms with Crippen LogP contribution in [0.1, 0.15) is 50.2 Å².